The van der Waals surface area contributed by atoms with Crippen molar-refractivity contribution in [2.75, 3.05) is 0 Å². The molecule has 0 bridgehead atoms. The van der Waals surface area contributed by atoms with E-state index < -0.39 is 0 Å². The molecule has 0 saturated heterocycles. The average Bonchev–Trinajstić information content (AvgIpc) is 2.07. The van der Waals surface area contributed by atoms with E-state index in [9.17, 15) is 0 Å². The Kier molecular flexibility index (Phi) is 2.67. The highest BCUT2D eigenvalue weighted by atomic mass is 14.5. The summed E-state index contributed by atoms with van der Waals surface area (Å²) < 4.78 is 0. The van der Waals surface area contributed by atoms with Crippen molar-refractivity contribution >= 4 is 6.08 Å². The highest BCUT2D eigenvalue weighted by molar-refractivity contribution is 5.48. The van der Waals surface area contributed by atoms with Gasteiger partial charge in [0, 0.05) is 6.54 Å². The molecule has 2 N–H and O–H groups in total. The molecule has 1 rings (SSSR count). The van der Waals surface area contributed by atoms with Crippen LogP contribution in [0.5, 0.6) is 0 Å². The molecule has 0 spiro atoms. The fourth-order valence-electron chi connectivity index (χ4n) is 0.868. The lowest BCUT2D eigenvalue weighted by atomic mass is 10.1. The molecule has 0 heterocycles. The van der Waals surface area contributed by atoms with Crippen molar-refractivity contribution in [1.82, 2.24) is 0 Å². The minimum atomic E-state index is 0.595. The van der Waals surface area contributed by atoms with Gasteiger partial charge in [0.15, 0.2) is 0 Å². The zero-order valence-electron chi connectivity index (χ0n) is 6.38. The molecule has 0 unspecified atom stereocenters. The Bertz CT molecular complexity index is 265. The quantitative estimate of drug-likeness (QED) is 0.632. The van der Waals surface area contributed by atoms with Gasteiger partial charge in [-0.1, -0.05) is 30.8 Å². The van der Waals surface area contributed by atoms with Gasteiger partial charge in [0.25, 0.3) is 0 Å². The second-order valence-corrected chi connectivity index (χ2v) is 2.29. The second kappa shape index (κ2) is 3.77. The van der Waals surface area contributed by atoms with Gasteiger partial charge in [-0.15, -0.1) is 5.73 Å². The molecule has 0 atom stereocenters. The molecule has 0 radical (unpaired) electrons. The molecule has 0 aliphatic heterocycles. The first-order valence-corrected chi connectivity index (χ1v) is 3.51. The summed E-state index contributed by atoms with van der Waals surface area (Å²) in [5.74, 6) is 0. The minimum absolute atomic E-state index is 0.595. The molecule has 1 aromatic carbocycles. The SMILES string of the molecule is C=C=Cc1ccc(CN)cc1. The zero-order valence-corrected chi connectivity index (χ0v) is 6.38. The molecule has 56 valence electrons. The summed E-state index contributed by atoms with van der Waals surface area (Å²) in [6.45, 7) is 4.09. The average molecular weight is 145 g/mol. The van der Waals surface area contributed by atoms with Crippen LogP contribution in [-0.2, 0) is 6.54 Å². The van der Waals surface area contributed by atoms with E-state index >= 15 is 0 Å². The van der Waals surface area contributed by atoms with Gasteiger partial charge in [-0.05, 0) is 17.2 Å². The van der Waals surface area contributed by atoms with Crippen LogP contribution in [0.25, 0.3) is 6.08 Å². The molecule has 11 heavy (non-hydrogen) atoms. The summed E-state index contributed by atoms with van der Waals surface area (Å²) in [7, 11) is 0. The molecule has 1 nitrogen and oxygen atoms in total. The lowest BCUT2D eigenvalue weighted by Crippen LogP contribution is -1.94. The Morgan fingerprint density at radius 2 is 2.00 bits per heavy atom. The number of hydrogen-bond acceptors (Lipinski definition) is 1. The lowest BCUT2D eigenvalue weighted by molar-refractivity contribution is 1.07. The van der Waals surface area contributed by atoms with E-state index in [0.717, 1.165) is 11.1 Å². The maximum atomic E-state index is 5.44. The van der Waals surface area contributed by atoms with E-state index in [2.05, 4.69) is 12.3 Å². The van der Waals surface area contributed by atoms with Gasteiger partial charge >= 0.3 is 0 Å². The molecule has 0 aliphatic rings. The normalized spacial score (nSPS) is 8.82. The van der Waals surface area contributed by atoms with Gasteiger partial charge in [-0.2, -0.15) is 0 Å². The summed E-state index contributed by atoms with van der Waals surface area (Å²) in [6, 6.07) is 8.01. The van der Waals surface area contributed by atoms with E-state index in [1.807, 2.05) is 30.3 Å². The fraction of sp³-hybridized carbons (Fsp3) is 0.100. The van der Waals surface area contributed by atoms with Crippen molar-refractivity contribution in [3.8, 4) is 0 Å². The van der Waals surface area contributed by atoms with E-state index in [1.165, 1.54) is 0 Å². The van der Waals surface area contributed by atoms with E-state index in [-0.39, 0.29) is 0 Å². The van der Waals surface area contributed by atoms with Crippen LogP contribution in [0, 0.1) is 0 Å². The Balaban J connectivity index is 2.91. The highest BCUT2D eigenvalue weighted by Crippen LogP contribution is 2.04. The van der Waals surface area contributed by atoms with Gasteiger partial charge in [0.05, 0.1) is 0 Å². The third kappa shape index (κ3) is 2.08. The molecule has 1 aromatic rings. The van der Waals surface area contributed by atoms with Crippen LogP contribution < -0.4 is 5.73 Å². The summed E-state index contributed by atoms with van der Waals surface area (Å²) in [6.07, 6.45) is 1.83. The van der Waals surface area contributed by atoms with Crippen molar-refractivity contribution < 1.29 is 0 Å². The van der Waals surface area contributed by atoms with Gasteiger partial charge in [0.1, 0.15) is 0 Å². The van der Waals surface area contributed by atoms with Crippen molar-refractivity contribution in [3.63, 3.8) is 0 Å². The number of hydrogen-bond donors (Lipinski definition) is 1. The molecule has 0 amide bonds. The Labute approximate surface area is 66.9 Å². The van der Waals surface area contributed by atoms with Crippen LogP contribution in [0.4, 0.5) is 0 Å². The molecule has 0 fully saturated rings. The van der Waals surface area contributed by atoms with Crippen LogP contribution >= 0.6 is 0 Å². The topological polar surface area (TPSA) is 26.0 Å². The van der Waals surface area contributed by atoms with Crippen molar-refractivity contribution in [2.45, 2.75) is 6.54 Å². The third-order valence-electron chi connectivity index (χ3n) is 1.48. The summed E-state index contributed by atoms with van der Waals surface area (Å²) >= 11 is 0. The number of benzene rings is 1. The van der Waals surface area contributed by atoms with Crippen molar-refractivity contribution in [1.29, 1.82) is 0 Å². The summed E-state index contributed by atoms with van der Waals surface area (Å²) in [5, 5.41) is 0. The lowest BCUT2D eigenvalue weighted by Gasteiger charge is -1.95. The first-order chi connectivity index (χ1) is 5.36. The van der Waals surface area contributed by atoms with Gasteiger partial charge in [-0.3, -0.25) is 0 Å². The van der Waals surface area contributed by atoms with Gasteiger partial charge in [-0.25, -0.2) is 0 Å². The summed E-state index contributed by atoms with van der Waals surface area (Å²) in [5.41, 5.74) is 10.4. The van der Waals surface area contributed by atoms with Crippen LogP contribution in [0.3, 0.4) is 0 Å². The van der Waals surface area contributed by atoms with E-state index in [1.54, 1.807) is 0 Å². The van der Waals surface area contributed by atoms with Gasteiger partial charge in [0.2, 0.25) is 0 Å². The predicted octanol–water partition coefficient (Wildman–Crippen LogP) is 1.94. The van der Waals surface area contributed by atoms with Crippen LogP contribution in [-0.4, -0.2) is 0 Å². The maximum Gasteiger partial charge on any atom is 0.0178 e. The van der Waals surface area contributed by atoms with Crippen LogP contribution in [0.15, 0.2) is 36.6 Å². The van der Waals surface area contributed by atoms with Crippen LogP contribution in [0.1, 0.15) is 11.1 Å². The predicted molar refractivity (Wildman–Crippen MR) is 47.9 cm³/mol. The van der Waals surface area contributed by atoms with E-state index in [0.29, 0.717) is 6.54 Å². The third-order valence-corrected chi connectivity index (χ3v) is 1.48. The smallest absolute Gasteiger partial charge is 0.0178 e. The zero-order chi connectivity index (χ0) is 8.10. The largest absolute Gasteiger partial charge is 0.326 e. The fourth-order valence-corrected chi connectivity index (χ4v) is 0.868. The number of nitrogens with two attached hydrogens (primary N) is 1. The maximum absolute atomic E-state index is 5.44. The van der Waals surface area contributed by atoms with Gasteiger partial charge < -0.3 is 5.73 Å². The molecular weight excluding hydrogens is 134 g/mol. The monoisotopic (exact) mass is 145 g/mol. The Hall–Kier alpha value is -1.30. The van der Waals surface area contributed by atoms with E-state index in [4.69, 9.17) is 5.73 Å². The van der Waals surface area contributed by atoms with Crippen molar-refractivity contribution in [3.05, 3.63) is 47.7 Å². The van der Waals surface area contributed by atoms with Crippen LogP contribution in [0.2, 0.25) is 0 Å². The first kappa shape index (κ1) is 7.80. The second-order valence-electron chi connectivity index (χ2n) is 2.29. The highest BCUT2D eigenvalue weighted by Gasteiger charge is 1.87. The Morgan fingerprint density at radius 3 is 2.45 bits per heavy atom. The van der Waals surface area contributed by atoms with Crippen molar-refractivity contribution in [2.24, 2.45) is 5.73 Å². The molecule has 0 saturated carbocycles. The number of rotatable bonds is 2. The molecule has 1 heteroatoms. The molecule has 0 aromatic heterocycles. The minimum Gasteiger partial charge on any atom is -0.326 e. The molecule has 0 aliphatic carbocycles. The standard InChI is InChI=1S/C10H11N/c1-2-3-9-4-6-10(8-11)7-5-9/h3-7H,1,8,11H2. The summed E-state index contributed by atoms with van der Waals surface area (Å²) in [4.78, 5) is 0. The first-order valence-electron chi connectivity index (χ1n) is 3.51. The Morgan fingerprint density at radius 1 is 1.36 bits per heavy atom. The molecular formula is C10H11N.